The van der Waals surface area contributed by atoms with Crippen molar-refractivity contribution in [2.75, 3.05) is 11.1 Å². The zero-order valence-electron chi connectivity index (χ0n) is 19.7. The summed E-state index contributed by atoms with van der Waals surface area (Å²) in [6.07, 6.45) is 1.80. The van der Waals surface area contributed by atoms with Crippen molar-refractivity contribution in [1.29, 1.82) is 0 Å². The van der Waals surface area contributed by atoms with Gasteiger partial charge in [-0.2, -0.15) is 9.36 Å². The Hall–Kier alpha value is -4.06. The lowest BCUT2D eigenvalue weighted by Crippen LogP contribution is -2.21. The van der Waals surface area contributed by atoms with Crippen LogP contribution in [0.4, 0.5) is 5.13 Å². The monoisotopic (exact) mass is 557 g/mol. The Labute approximate surface area is 229 Å². The Balaban J connectivity index is 1.22. The van der Waals surface area contributed by atoms with Gasteiger partial charge >= 0.3 is 0 Å². The molecule has 0 bridgehead atoms. The highest BCUT2D eigenvalue weighted by atomic mass is 32.2. The quantitative estimate of drug-likeness (QED) is 0.172. The lowest BCUT2D eigenvalue weighted by molar-refractivity contribution is -0.115. The third-order valence-electron chi connectivity index (χ3n) is 5.64. The van der Waals surface area contributed by atoms with Crippen molar-refractivity contribution < 1.29 is 9.21 Å². The second-order valence-corrected chi connectivity index (χ2v) is 10.8. The molecule has 188 valence electrons. The molecule has 2 aromatic carbocycles. The number of thiophene rings is 1. The van der Waals surface area contributed by atoms with Crippen LogP contribution in [0.2, 0.25) is 0 Å². The minimum absolute atomic E-state index is 0.178. The minimum atomic E-state index is -0.181. The molecule has 38 heavy (non-hydrogen) atoms. The molecule has 0 aliphatic carbocycles. The molecule has 0 aliphatic rings. The number of anilines is 1. The molecular weight excluding hydrogens is 539 g/mol. The van der Waals surface area contributed by atoms with Gasteiger partial charge in [-0.25, -0.2) is 4.98 Å². The summed E-state index contributed by atoms with van der Waals surface area (Å²) >= 11 is 3.90. The molecule has 0 spiro atoms. The largest absolute Gasteiger partial charge is 0.464 e. The van der Waals surface area contributed by atoms with Gasteiger partial charge in [-0.1, -0.05) is 60.3 Å². The summed E-state index contributed by atoms with van der Waals surface area (Å²) in [5, 5.41) is 6.20. The van der Waals surface area contributed by atoms with Gasteiger partial charge in [-0.05, 0) is 24.3 Å². The molecule has 0 fully saturated rings. The number of para-hydroxylation sites is 1. The van der Waals surface area contributed by atoms with Crippen molar-refractivity contribution in [3.05, 3.63) is 94.8 Å². The topological polar surface area (TPSA) is 103 Å². The molecular formula is C27H19N5O3S3. The molecule has 0 unspecified atom stereocenters. The van der Waals surface area contributed by atoms with Crippen LogP contribution >= 0.6 is 34.6 Å². The van der Waals surface area contributed by atoms with Gasteiger partial charge in [0, 0.05) is 40.2 Å². The van der Waals surface area contributed by atoms with Gasteiger partial charge in [-0.15, -0.1) is 11.3 Å². The maximum atomic E-state index is 13.8. The molecule has 1 N–H and O–H groups in total. The molecule has 8 nitrogen and oxygen atoms in total. The van der Waals surface area contributed by atoms with E-state index in [1.807, 2.05) is 72.1 Å². The molecule has 0 aliphatic heterocycles. The fourth-order valence-electron chi connectivity index (χ4n) is 3.88. The second kappa shape index (κ2) is 10.7. The molecule has 4 heterocycles. The normalized spacial score (nSPS) is 11.2. The number of aromatic nitrogens is 4. The number of furan rings is 1. The van der Waals surface area contributed by atoms with E-state index in [0.717, 1.165) is 22.7 Å². The molecule has 6 aromatic rings. The first-order valence-electron chi connectivity index (χ1n) is 11.6. The van der Waals surface area contributed by atoms with Crippen LogP contribution in [-0.4, -0.2) is 30.6 Å². The third-order valence-corrected chi connectivity index (χ3v) is 8.09. The highest BCUT2D eigenvalue weighted by Crippen LogP contribution is 2.33. The number of hydrogen-bond acceptors (Lipinski definition) is 9. The van der Waals surface area contributed by atoms with Crippen LogP contribution in [0.25, 0.3) is 38.6 Å². The van der Waals surface area contributed by atoms with E-state index in [4.69, 9.17) is 9.40 Å². The van der Waals surface area contributed by atoms with Gasteiger partial charge < -0.3 is 9.73 Å². The van der Waals surface area contributed by atoms with E-state index in [1.54, 1.807) is 16.9 Å². The van der Waals surface area contributed by atoms with Crippen molar-refractivity contribution in [3.63, 3.8) is 0 Å². The lowest BCUT2D eigenvalue weighted by Gasteiger charge is -2.12. The van der Waals surface area contributed by atoms with Crippen LogP contribution in [0.1, 0.15) is 6.42 Å². The fraction of sp³-hybridized carbons (Fsp3) is 0.0741. The first kappa shape index (κ1) is 24.3. The van der Waals surface area contributed by atoms with Gasteiger partial charge in [-0.3, -0.25) is 14.2 Å². The van der Waals surface area contributed by atoms with Crippen molar-refractivity contribution in [2.24, 2.45) is 0 Å². The molecule has 1 amide bonds. The zero-order chi connectivity index (χ0) is 25.9. The van der Waals surface area contributed by atoms with Crippen LogP contribution < -0.4 is 10.9 Å². The SMILES string of the molecule is O=C(CCSc1nc2scc(-c3ccco3)c2c(=O)n1-c1ccccc1)Nc1nc(-c2ccccc2)ns1. The number of thioether (sulfide) groups is 1. The Morgan fingerprint density at radius 1 is 1.00 bits per heavy atom. The number of hydrogen-bond donors (Lipinski definition) is 1. The average Bonchev–Trinajstić information content (AvgIpc) is 3.71. The van der Waals surface area contributed by atoms with Gasteiger partial charge in [0.05, 0.1) is 17.3 Å². The summed E-state index contributed by atoms with van der Waals surface area (Å²) in [5.41, 5.74) is 2.14. The van der Waals surface area contributed by atoms with E-state index in [2.05, 4.69) is 14.7 Å². The van der Waals surface area contributed by atoms with Crippen molar-refractivity contribution in [2.45, 2.75) is 11.6 Å². The number of rotatable bonds is 8. The fourth-order valence-corrected chi connectivity index (χ4v) is 6.41. The number of carbonyl (C=O) groups excluding carboxylic acids is 1. The van der Waals surface area contributed by atoms with E-state index >= 15 is 0 Å². The van der Waals surface area contributed by atoms with Crippen molar-refractivity contribution in [3.8, 4) is 28.4 Å². The molecule has 11 heteroatoms. The van der Waals surface area contributed by atoms with Crippen LogP contribution in [0, 0.1) is 0 Å². The summed E-state index contributed by atoms with van der Waals surface area (Å²) in [5.74, 6) is 1.45. The summed E-state index contributed by atoms with van der Waals surface area (Å²) < 4.78 is 11.5. The third kappa shape index (κ3) is 4.91. The average molecular weight is 558 g/mol. The summed E-state index contributed by atoms with van der Waals surface area (Å²) in [4.78, 5) is 36.3. The van der Waals surface area contributed by atoms with E-state index in [-0.39, 0.29) is 17.9 Å². The number of benzene rings is 2. The number of nitrogens with one attached hydrogen (secondary N) is 1. The summed E-state index contributed by atoms with van der Waals surface area (Å²) in [7, 11) is 0. The van der Waals surface area contributed by atoms with E-state index < -0.39 is 0 Å². The zero-order valence-corrected chi connectivity index (χ0v) is 22.2. The lowest BCUT2D eigenvalue weighted by atomic mass is 10.2. The molecule has 0 atom stereocenters. The van der Waals surface area contributed by atoms with Crippen LogP contribution in [0.5, 0.6) is 0 Å². The predicted molar refractivity (Wildman–Crippen MR) is 152 cm³/mol. The molecule has 6 rings (SSSR count). The Morgan fingerprint density at radius 2 is 1.79 bits per heavy atom. The van der Waals surface area contributed by atoms with E-state index in [0.29, 0.717) is 43.5 Å². The maximum absolute atomic E-state index is 13.8. The Kier molecular flexibility index (Phi) is 6.86. The Bertz CT molecular complexity index is 1760. The predicted octanol–water partition coefficient (Wildman–Crippen LogP) is 6.35. The number of fused-ring (bicyclic) bond motifs is 1. The van der Waals surface area contributed by atoms with Gasteiger partial charge in [0.25, 0.3) is 5.56 Å². The first-order valence-corrected chi connectivity index (χ1v) is 14.3. The number of carbonyl (C=O) groups is 1. The van der Waals surface area contributed by atoms with Gasteiger partial charge in [0.1, 0.15) is 10.6 Å². The van der Waals surface area contributed by atoms with Crippen molar-refractivity contribution in [1.82, 2.24) is 18.9 Å². The van der Waals surface area contributed by atoms with Crippen LogP contribution in [0.15, 0.2) is 98.8 Å². The standard InChI is InChI=1S/C27H19N5O3S3/c33-21(28-26-29-23(31-38-26)17-8-3-1-4-9-17)13-15-36-27-30-24-22(19(16-37-24)20-12-7-14-35-20)25(34)32(27)18-10-5-2-6-11-18/h1-12,14,16H,13,15H2,(H,28,29,31,33). The first-order chi connectivity index (χ1) is 18.7. The van der Waals surface area contributed by atoms with Gasteiger partial charge in [0.2, 0.25) is 11.0 Å². The Morgan fingerprint density at radius 3 is 2.55 bits per heavy atom. The van der Waals surface area contributed by atoms with E-state index in [1.165, 1.54) is 23.1 Å². The highest BCUT2D eigenvalue weighted by Gasteiger charge is 2.20. The minimum Gasteiger partial charge on any atom is -0.464 e. The molecule has 0 saturated carbocycles. The van der Waals surface area contributed by atoms with E-state index in [9.17, 15) is 9.59 Å². The second-order valence-electron chi connectivity index (χ2n) is 8.11. The molecule has 4 aromatic heterocycles. The smallest absolute Gasteiger partial charge is 0.268 e. The highest BCUT2D eigenvalue weighted by molar-refractivity contribution is 7.99. The van der Waals surface area contributed by atoms with Crippen LogP contribution in [0.3, 0.4) is 0 Å². The molecule has 0 radical (unpaired) electrons. The summed E-state index contributed by atoms with van der Waals surface area (Å²) in [6.45, 7) is 0. The van der Waals surface area contributed by atoms with Crippen LogP contribution in [-0.2, 0) is 4.79 Å². The van der Waals surface area contributed by atoms with Crippen molar-refractivity contribution >= 4 is 55.9 Å². The maximum Gasteiger partial charge on any atom is 0.268 e. The number of nitrogens with zero attached hydrogens (tertiary/aromatic N) is 4. The van der Waals surface area contributed by atoms with Gasteiger partial charge in [0.15, 0.2) is 11.0 Å². The number of amides is 1. The molecule has 0 saturated heterocycles. The summed E-state index contributed by atoms with van der Waals surface area (Å²) in [6, 6.07) is 22.6.